The smallest absolute Gasteiger partial charge is 0.254 e. The van der Waals surface area contributed by atoms with Gasteiger partial charge >= 0.3 is 0 Å². The van der Waals surface area contributed by atoms with Crippen LogP contribution in [0.25, 0.3) is 0 Å². The number of nitrogens with one attached hydrogen (secondary N) is 1. The molecule has 1 aliphatic rings. The number of benzene rings is 1. The first kappa shape index (κ1) is 17.0. The van der Waals surface area contributed by atoms with Gasteiger partial charge in [-0.1, -0.05) is 29.3 Å². The van der Waals surface area contributed by atoms with Crippen molar-refractivity contribution in [2.45, 2.75) is 0 Å². The monoisotopic (exact) mass is 364 g/mol. The number of hydrogen-bond donors (Lipinski definition) is 1. The van der Waals surface area contributed by atoms with Crippen molar-refractivity contribution in [2.24, 2.45) is 0 Å². The number of anilines is 2. The number of hydrogen-bond acceptors (Lipinski definition) is 4. The highest BCUT2D eigenvalue weighted by Gasteiger charge is 2.20. The van der Waals surface area contributed by atoms with E-state index in [2.05, 4.69) is 22.2 Å². The summed E-state index contributed by atoms with van der Waals surface area (Å²) in [5.74, 6) is 0.574. The third kappa shape index (κ3) is 3.80. The summed E-state index contributed by atoms with van der Waals surface area (Å²) in [6.07, 6.45) is 1.62. The van der Waals surface area contributed by atoms with Gasteiger partial charge in [0, 0.05) is 37.9 Å². The van der Waals surface area contributed by atoms with E-state index in [-0.39, 0.29) is 5.91 Å². The van der Waals surface area contributed by atoms with E-state index in [1.54, 1.807) is 30.5 Å². The van der Waals surface area contributed by atoms with Gasteiger partial charge in [0.2, 0.25) is 0 Å². The van der Waals surface area contributed by atoms with Crippen molar-refractivity contribution in [1.29, 1.82) is 0 Å². The molecule has 1 aromatic heterocycles. The molecule has 0 spiro atoms. The minimum Gasteiger partial charge on any atom is -0.339 e. The van der Waals surface area contributed by atoms with Gasteiger partial charge in [0.05, 0.1) is 15.7 Å². The number of halogens is 2. The first-order valence-electron chi connectivity index (χ1n) is 7.69. The summed E-state index contributed by atoms with van der Waals surface area (Å²) < 4.78 is 0. The fraction of sp³-hybridized carbons (Fsp3) is 0.294. The molecule has 1 amide bonds. The van der Waals surface area contributed by atoms with Gasteiger partial charge in [-0.15, -0.1) is 0 Å². The Hall–Kier alpha value is -1.82. The summed E-state index contributed by atoms with van der Waals surface area (Å²) in [4.78, 5) is 21.0. The molecular formula is C17H18Cl2N4O. The summed E-state index contributed by atoms with van der Waals surface area (Å²) in [6.45, 7) is 3.25. The molecule has 1 saturated heterocycles. The highest BCUT2D eigenvalue weighted by Crippen LogP contribution is 2.31. The lowest BCUT2D eigenvalue weighted by atomic mass is 10.2. The maximum atomic E-state index is 12.6. The molecule has 1 aromatic carbocycles. The summed E-state index contributed by atoms with van der Waals surface area (Å²) >= 11 is 12.2. The second-order valence-electron chi connectivity index (χ2n) is 5.75. The Labute approximate surface area is 151 Å². The van der Waals surface area contributed by atoms with Crippen LogP contribution in [0.1, 0.15) is 10.4 Å². The molecule has 1 aliphatic heterocycles. The fourth-order valence-electron chi connectivity index (χ4n) is 2.56. The van der Waals surface area contributed by atoms with Crippen LogP contribution in [0.5, 0.6) is 0 Å². The Bertz CT molecular complexity index is 745. The Balaban J connectivity index is 1.76. The van der Waals surface area contributed by atoms with E-state index in [0.29, 0.717) is 27.1 Å². The number of aromatic nitrogens is 1. The Morgan fingerprint density at radius 3 is 2.67 bits per heavy atom. The largest absolute Gasteiger partial charge is 0.339 e. The zero-order valence-electron chi connectivity index (χ0n) is 13.3. The average molecular weight is 365 g/mol. The molecule has 0 radical (unpaired) electrons. The molecule has 0 unspecified atom stereocenters. The molecule has 2 aromatic rings. The number of carbonyl (C=O) groups is 1. The minimum absolute atomic E-state index is 0.0192. The summed E-state index contributed by atoms with van der Waals surface area (Å²) in [6, 6.07) is 8.79. The third-order valence-corrected chi connectivity index (χ3v) is 4.83. The van der Waals surface area contributed by atoms with Crippen molar-refractivity contribution < 1.29 is 4.79 Å². The number of rotatable bonds is 3. The Morgan fingerprint density at radius 1 is 1.17 bits per heavy atom. The van der Waals surface area contributed by atoms with E-state index in [1.165, 1.54) is 0 Å². The number of likely N-dealkylation sites (N-methyl/N-ethyl adjacent to an activating group) is 1. The van der Waals surface area contributed by atoms with Crippen LogP contribution in [0, 0.1) is 0 Å². The summed E-state index contributed by atoms with van der Waals surface area (Å²) in [5, 5.41) is 4.00. The standard InChI is InChI=1S/C17H18Cl2N4O/c1-22-7-9-23(10-8-22)17(24)12-5-6-20-15(11-12)21-14-4-2-3-13(18)16(14)19/h2-6,11H,7-10H2,1H3,(H,20,21). The van der Waals surface area contributed by atoms with Gasteiger partial charge in [-0.2, -0.15) is 0 Å². The molecule has 5 nitrogen and oxygen atoms in total. The summed E-state index contributed by atoms with van der Waals surface area (Å²) in [7, 11) is 2.06. The van der Waals surface area contributed by atoms with Crippen LogP contribution >= 0.6 is 23.2 Å². The van der Waals surface area contributed by atoms with Crippen molar-refractivity contribution in [2.75, 3.05) is 38.5 Å². The third-order valence-electron chi connectivity index (χ3n) is 4.01. The quantitative estimate of drug-likeness (QED) is 0.904. The highest BCUT2D eigenvalue weighted by atomic mass is 35.5. The molecule has 2 heterocycles. The van der Waals surface area contributed by atoms with Crippen LogP contribution in [0.2, 0.25) is 10.0 Å². The van der Waals surface area contributed by atoms with Crippen LogP contribution in [-0.2, 0) is 0 Å². The predicted molar refractivity (Wildman–Crippen MR) is 97.4 cm³/mol. The van der Waals surface area contributed by atoms with E-state index in [1.807, 2.05) is 11.0 Å². The van der Waals surface area contributed by atoms with Crippen molar-refractivity contribution in [3.63, 3.8) is 0 Å². The molecule has 0 atom stereocenters. The topological polar surface area (TPSA) is 48.5 Å². The lowest BCUT2D eigenvalue weighted by Gasteiger charge is -2.32. The lowest BCUT2D eigenvalue weighted by molar-refractivity contribution is 0.0664. The van der Waals surface area contributed by atoms with Gasteiger partial charge in [-0.3, -0.25) is 4.79 Å². The van der Waals surface area contributed by atoms with Crippen molar-refractivity contribution in [1.82, 2.24) is 14.8 Å². The number of piperazine rings is 1. The Kier molecular flexibility index (Phi) is 5.23. The first-order chi connectivity index (χ1) is 11.5. The second-order valence-corrected chi connectivity index (χ2v) is 6.54. The van der Waals surface area contributed by atoms with Crippen molar-refractivity contribution >= 4 is 40.6 Å². The zero-order valence-corrected chi connectivity index (χ0v) is 14.8. The molecule has 0 aliphatic carbocycles. The molecule has 0 saturated carbocycles. The number of nitrogens with zero attached hydrogens (tertiary/aromatic N) is 3. The molecular weight excluding hydrogens is 347 g/mol. The highest BCUT2D eigenvalue weighted by molar-refractivity contribution is 6.43. The lowest BCUT2D eigenvalue weighted by Crippen LogP contribution is -2.47. The molecule has 1 fully saturated rings. The number of pyridine rings is 1. The van der Waals surface area contributed by atoms with Crippen LogP contribution < -0.4 is 5.32 Å². The summed E-state index contributed by atoms with van der Waals surface area (Å²) in [5.41, 5.74) is 1.26. The van der Waals surface area contributed by atoms with Gasteiger partial charge in [-0.25, -0.2) is 4.98 Å². The molecule has 0 bridgehead atoms. The number of amides is 1. The van der Waals surface area contributed by atoms with Gasteiger partial charge < -0.3 is 15.1 Å². The van der Waals surface area contributed by atoms with E-state index in [4.69, 9.17) is 23.2 Å². The van der Waals surface area contributed by atoms with Crippen molar-refractivity contribution in [3.05, 3.63) is 52.1 Å². The first-order valence-corrected chi connectivity index (χ1v) is 8.45. The fourth-order valence-corrected chi connectivity index (χ4v) is 2.91. The molecule has 3 rings (SSSR count). The normalized spacial score (nSPS) is 15.4. The average Bonchev–Trinajstić information content (AvgIpc) is 2.59. The van der Waals surface area contributed by atoms with Crippen LogP contribution in [-0.4, -0.2) is 53.9 Å². The van der Waals surface area contributed by atoms with Crippen molar-refractivity contribution in [3.8, 4) is 0 Å². The van der Waals surface area contributed by atoms with E-state index < -0.39 is 0 Å². The second kappa shape index (κ2) is 7.38. The van der Waals surface area contributed by atoms with Gasteiger partial charge in [-0.05, 0) is 31.3 Å². The molecule has 7 heteroatoms. The van der Waals surface area contributed by atoms with Crippen LogP contribution in [0.15, 0.2) is 36.5 Å². The van der Waals surface area contributed by atoms with Crippen LogP contribution in [0.3, 0.4) is 0 Å². The molecule has 1 N–H and O–H groups in total. The van der Waals surface area contributed by atoms with Crippen LogP contribution in [0.4, 0.5) is 11.5 Å². The van der Waals surface area contributed by atoms with E-state index in [0.717, 1.165) is 26.2 Å². The molecule has 126 valence electrons. The van der Waals surface area contributed by atoms with Gasteiger partial charge in [0.25, 0.3) is 5.91 Å². The zero-order chi connectivity index (χ0) is 17.1. The number of carbonyl (C=O) groups excluding carboxylic acids is 1. The van der Waals surface area contributed by atoms with E-state index >= 15 is 0 Å². The maximum absolute atomic E-state index is 12.6. The maximum Gasteiger partial charge on any atom is 0.254 e. The molecule has 24 heavy (non-hydrogen) atoms. The predicted octanol–water partition coefficient (Wildman–Crippen LogP) is 3.52. The SMILES string of the molecule is CN1CCN(C(=O)c2ccnc(Nc3cccc(Cl)c3Cl)c2)CC1. The van der Waals surface area contributed by atoms with Gasteiger partial charge in [0.15, 0.2) is 0 Å². The minimum atomic E-state index is 0.0192. The Morgan fingerprint density at radius 2 is 1.92 bits per heavy atom. The van der Waals surface area contributed by atoms with Gasteiger partial charge in [0.1, 0.15) is 5.82 Å². The van der Waals surface area contributed by atoms with E-state index in [9.17, 15) is 4.79 Å².